The molecule has 0 spiro atoms. The minimum atomic E-state index is -3.48. The first-order valence-corrected chi connectivity index (χ1v) is 9.57. The second kappa shape index (κ2) is 6.84. The van der Waals surface area contributed by atoms with E-state index in [4.69, 9.17) is 4.74 Å². The van der Waals surface area contributed by atoms with Crippen molar-refractivity contribution in [1.29, 1.82) is 0 Å². The summed E-state index contributed by atoms with van der Waals surface area (Å²) in [6.45, 7) is 1.31. The molecule has 1 aromatic carbocycles. The molecule has 0 unspecified atom stereocenters. The Balaban J connectivity index is 1.79. The van der Waals surface area contributed by atoms with Gasteiger partial charge < -0.3 is 9.84 Å². The summed E-state index contributed by atoms with van der Waals surface area (Å²) in [5, 5.41) is 9.95. The Bertz CT molecular complexity index is 628. The molecule has 1 aromatic rings. The van der Waals surface area contributed by atoms with E-state index in [2.05, 4.69) is 0 Å². The number of benzene rings is 1. The third-order valence-corrected chi connectivity index (χ3v) is 6.64. The molecule has 23 heavy (non-hydrogen) atoms. The molecule has 2 aliphatic rings. The van der Waals surface area contributed by atoms with E-state index in [1.165, 1.54) is 16.4 Å². The molecule has 0 bridgehead atoms. The van der Waals surface area contributed by atoms with E-state index in [-0.39, 0.29) is 24.0 Å². The maximum Gasteiger partial charge on any atom is 0.215 e. The highest BCUT2D eigenvalue weighted by molar-refractivity contribution is 7.89. The van der Waals surface area contributed by atoms with E-state index in [9.17, 15) is 17.9 Å². The highest BCUT2D eigenvalue weighted by Crippen LogP contribution is 2.35. The number of nitrogens with zero attached hydrogens (tertiary/aromatic N) is 1. The largest absolute Gasteiger partial charge is 0.392 e. The van der Waals surface area contributed by atoms with E-state index in [1.807, 2.05) is 0 Å². The summed E-state index contributed by atoms with van der Waals surface area (Å²) in [7, 11) is -3.48. The van der Waals surface area contributed by atoms with Crippen molar-refractivity contribution in [3.05, 3.63) is 35.6 Å². The van der Waals surface area contributed by atoms with Crippen LogP contribution in [0.5, 0.6) is 0 Å². The summed E-state index contributed by atoms with van der Waals surface area (Å²) in [6, 6.07) is 5.41. The maximum absolute atomic E-state index is 13.1. The average Bonchev–Trinajstić information content (AvgIpc) is 2.91. The Hall–Kier alpha value is -1.02. The zero-order valence-electron chi connectivity index (χ0n) is 12.9. The third kappa shape index (κ3) is 3.91. The van der Waals surface area contributed by atoms with Crippen LogP contribution in [0.15, 0.2) is 24.3 Å². The van der Waals surface area contributed by atoms with Crippen molar-refractivity contribution in [1.82, 2.24) is 4.31 Å². The smallest absolute Gasteiger partial charge is 0.215 e. The van der Waals surface area contributed by atoms with Crippen LogP contribution in [0.3, 0.4) is 0 Å². The topological polar surface area (TPSA) is 66.8 Å². The van der Waals surface area contributed by atoms with Crippen molar-refractivity contribution in [3.8, 4) is 0 Å². The van der Waals surface area contributed by atoms with Gasteiger partial charge in [-0.05, 0) is 42.9 Å². The van der Waals surface area contributed by atoms with Crippen molar-refractivity contribution in [3.63, 3.8) is 0 Å². The Morgan fingerprint density at radius 3 is 2.52 bits per heavy atom. The summed E-state index contributed by atoms with van der Waals surface area (Å²) >= 11 is 0. The molecular weight excluding hydrogens is 321 g/mol. The Morgan fingerprint density at radius 2 is 1.87 bits per heavy atom. The molecule has 5 nitrogen and oxygen atoms in total. The van der Waals surface area contributed by atoms with Gasteiger partial charge in [0.05, 0.1) is 17.9 Å². The number of rotatable bonds is 4. The Labute approximate surface area is 136 Å². The van der Waals surface area contributed by atoms with Crippen LogP contribution in [-0.2, 0) is 14.8 Å². The summed E-state index contributed by atoms with van der Waals surface area (Å²) < 4.78 is 45.4. The van der Waals surface area contributed by atoms with E-state index in [0.717, 1.165) is 18.4 Å². The number of aliphatic hydroxyl groups excluding tert-OH is 1. The highest BCUT2D eigenvalue weighted by atomic mass is 32.2. The van der Waals surface area contributed by atoms with Gasteiger partial charge in [0.2, 0.25) is 10.0 Å². The summed E-state index contributed by atoms with van der Waals surface area (Å²) in [5.41, 5.74) is 0.721. The predicted octanol–water partition coefficient (Wildman–Crippen LogP) is 1.69. The quantitative estimate of drug-likeness (QED) is 0.903. The molecule has 2 atom stereocenters. The van der Waals surface area contributed by atoms with Crippen molar-refractivity contribution in [2.45, 2.75) is 31.4 Å². The molecular formula is C16H22FNO4S. The van der Waals surface area contributed by atoms with Gasteiger partial charge in [-0.1, -0.05) is 12.1 Å². The molecule has 128 valence electrons. The molecule has 0 saturated carbocycles. The zero-order chi connectivity index (χ0) is 16.4. The maximum atomic E-state index is 13.1. The summed E-state index contributed by atoms with van der Waals surface area (Å²) in [4.78, 5) is 0. The molecule has 2 heterocycles. The number of ether oxygens (including phenoxy) is 1. The average molecular weight is 343 g/mol. The first kappa shape index (κ1) is 16.8. The fourth-order valence-electron chi connectivity index (χ4n) is 3.39. The monoisotopic (exact) mass is 343 g/mol. The first-order chi connectivity index (χ1) is 11.0. The normalized spacial score (nSPS) is 27.4. The van der Waals surface area contributed by atoms with Crippen LogP contribution in [0.25, 0.3) is 0 Å². The Morgan fingerprint density at radius 1 is 1.22 bits per heavy atom. The minimum absolute atomic E-state index is 0.0841. The molecule has 0 aromatic heterocycles. The van der Waals surface area contributed by atoms with Crippen molar-refractivity contribution < 1.29 is 22.7 Å². The lowest BCUT2D eigenvalue weighted by Gasteiger charge is -2.28. The van der Waals surface area contributed by atoms with Gasteiger partial charge in [0.25, 0.3) is 0 Å². The van der Waals surface area contributed by atoms with Crippen LogP contribution in [0.4, 0.5) is 4.39 Å². The highest BCUT2D eigenvalue weighted by Gasteiger charge is 2.40. The van der Waals surface area contributed by atoms with E-state index < -0.39 is 22.2 Å². The molecule has 2 saturated heterocycles. The van der Waals surface area contributed by atoms with Gasteiger partial charge in [-0.3, -0.25) is 0 Å². The fraction of sp³-hybridized carbons (Fsp3) is 0.625. The van der Waals surface area contributed by atoms with Crippen LogP contribution < -0.4 is 0 Å². The van der Waals surface area contributed by atoms with E-state index in [1.54, 1.807) is 12.1 Å². The van der Waals surface area contributed by atoms with Crippen molar-refractivity contribution in [2.75, 3.05) is 25.5 Å². The zero-order valence-corrected chi connectivity index (χ0v) is 13.7. The lowest BCUT2D eigenvalue weighted by atomic mass is 10.0. The third-order valence-electron chi connectivity index (χ3n) is 4.63. The van der Waals surface area contributed by atoms with Gasteiger partial charge >= 0.3 is 0 Å². The van der Waals surface area contributed by atoms with E-state index >= 15 is 0 Å². The number of β-amino-alcohol motifs (C(OH)–C–C–N with tert-alkyl or cyclic N) is 1. The number of halogens is 1. The standard InChI is InChI=1S/C16H22FNO4S/c17-14-3-1-13(2-4-14)16-9-15(19)10-18(16)23(20,21)11-12-5-7-22-8-6-12/h1-4,12,15-16,19H,5-11H2/t15-,16+/m0/s1. The van der Waals surface area contributed by atoms with Crippen LogP contribution in [0.1, 0.15) is 30.9 Å². The number of hydrogen-bond acceptors (Lipinski definition) is 4. The molecule has 0 aliphatic carbocycles. The molecule has 0 radical (unpaired) electrons. The van der Waals surface area contributed by atoms with Crippen molar-refractivity contribution in [2.24, 2.45) is 5.92 Å². The number of aliphatic hydroxyl groups is 1. The molecule has 1 N–H and O–H groups in total. The van der Waals surface area contributed by atoms with Gasteiger partial charge in [-0.25, -0.2) is 12.8 Å². The molecule has 0 amide bonds. The lowest BCUT2D eigenvalue weighted by Crippen LogP contribution is -2.37. The van der Waals surface area contributed by atoms with Gasteiger partial charge in [0.1, 0.15) is 5.82 Å². The SMILES string of the molecule is O=S(=O)(CC1CCOCC1)N1C[C@@H](O)C[C@@H]1c1ccc(F)cc1. The van der Waals surface area contributed by atoms with Crippen molar-refractivity contribution >= 4 is 10.0 Å². The Kier molecular flexibility index (Phi) is 5.01. The minimum Gasteiger partial charge on any atom is -0.392 e. The fourth-order valence-corrected chi connectivity index (χ4v) is 5.50. The van der Waals surface area contributed by atoms with Crippen LogP contribution in [0, 0.1) is 11.7 Å². The van der Waals surface area contributed by atoms with Crippen LogP contribution in [0.2, 0.25) is 0 Å². The van der Waals surface area contributed by atoms with E-state index in [0.29, 0.717) is 19.6 Å². The summed E-state index contributed by atoms with van der Waals surface area (Å²) in [6.07, 6.45) is 1.15. The van der Waals surface area contributed by atoms with Gasteiger partial charge in [0, 0.05) is 19.8 Å². The molecule has 2 fully saturated rings. The second-order valence-electron chi connectivity index (χ2n) is 6.36. The molecule has 3 rings (SSSR count). The van der Waals surface area contributed by atoms with Gasteiger partial charge in [0.15, 0.2) is 0 Å². The number of hydrogen-bond donors (Lipinski definition) is 1. The summed E-state index contributed by atoms with van der Waals surface area (Å²) in [5.74, 6) is -0.176. The lowest BCUT2D eigenvalue weighted by molar-refractivity contribution is 0.0720. The number of sulfonamides is 1. The molecule has 2 aliphatic heterocycles. The van der Waals surface area contributed by atoms with Crippen LogP contribution >= 0.6 is 0 Å². The predicted molar refractivity (Wildman–Crippen MR) is 83.8 cm³/mol. The van der Waals surface area contributed by atoms with Gasteiger partial charge in [-0.2, -0.15) is 4.31 Å². The van der Waals surface area contributed by atoms with Crippen LogP contribution in [-0.4, -0.2) is 49.4 Å². The molecule has 7 heteroatoms. The second-order valence-corrected chi connectivity index (χ2v) is 8.33. The first-order valence-electron chi connectivity index (χ1n) is 7.96. The van der Waals surface area contributed by atoms with Gasteiger partial charge in [-0.15, -0.1) is 0 Å².